The van der Waals surface area contributed by atoms with Crippen molar-refractivity contribution >= 4 is 30.7 Å². The van der Waals surface area contributed by atoms with E-state index in [0.29, 0.717) is 5.92 Å². The Morgan fingerprint density at radius 3 is 2.63 bits per heavy atom. The Balaban J connectivity index is 0.00000160. The molecule has 1 aromatic heterocycles. The third-order valence-corrected chi connectivity index (χ3v) is 5.91. The summed E-state index contributed by atoms with van der Waals surface area (Å²) in [5.74, 6) is 0.841. The summed E-state index contributed by atoms with van der Waals surface area (Å²) in [6.07, 6.45) is 5.05. The molecule has 1 amide bonds. The van der Waals surface area contributed by atoms with E-state index in [1.165, 1.54) is 12.0 Å². The van der Waals surface area contributed by atoms with Crippen LogP contribution in [0, 0.1) is 5.92 Å². The summed E-state index contributed by atoms with van der Waals surface area (Å²) in [7, 11) is 0. The first kappa shape index (κ1) is 24.6. The molecular formula is C23H32Cl2N4O. The molecule has 0 aliphatic carbocycles. The third-order valence-electron chi connectivity index (χ3n) is 5.91. The number of benzene rings is 1. The van der Waals surface area contributed by atoms with Crippen LogP contribution in [0.5, 0.6) is 0 Å². The molecule has 1 atom stereocenters. The van der Waals surface area contributed by atoms with Crippen molar-refractivity contribution in [1.82, 2.24) is 20.1 Å². The summed E-state index contributed by atoms with van der Waals surface area (Å²) in [5, 5.41) is 3.43. The SMILES string of the molecule is Cl.Cl.O=C(c1ccccc1CC1CCNC1)N1CCCN(Cc2ccccn2)CC1. The minimum Gasteiger partial charge on any atom is -0.337 e. The van der Waals surface area contributed by atoms with Gasteiger partial charge in [-0.05, 0) is 62.0 Å². The molecule has 4 rings (SSSR count). The molecule has 0 bridgehead atoms. The first-order chi connectivity index (χ1) is 13.8. The molecule has 3 heterocycles. The Labute approximate surface area is 192 Å². The molecule has 2 aromatic rings. The van der Waals surface area contributed by atoms with Crippen LogP contribution < -0.4 is 5.32 Å². The van der Waals surface area contributed by atoms with Crippen molar-refractivity contribution in [3.8, 4) is 0 Å². The molecule has 164 valence electrons. The third kappa shape index (κ3) is 6.42. The van der Waals surface area contributed by atoms with Crippen LogP contribution >= 0.6 is 24.8 Å². The van der Waals surface area contributed by atoms with Crippen LogP contribution in [-0.2, 0) is 13.0 Å². The molecule has 0 radical (unpaired) electrons. The van der Waals surface area contributed by atoms with E-state index in [0.717, 1.165) is 69.9 Å². The van der Waals surface area contributed by atoms with E-state index in [2.05, 4.69) is 33.4 Å². The Hall–Kier alpha value is -1.66. The number of amides is 1. The lowest BCUT2D eigenvalue weighted by Crippen LogP contribution is -2.35. The van der Waals surface area contributed by atoms with Crippen molar-refractivity contribution in [1.29, 1.82) is 0 Å². The van der Waals surface area contributed by atoms with Crippen LogP contribution in [-0.4, -0.2) is 60.0 Å². The van der Waals surface area contributed by atoms with E-state index in [9.17, 15) is 4.79 Å². The van der Waals surface area contributed by atoms with Crippen LogP contribution in [0.3, 0.4) is 0 Å². The van der Waals surface area contributed by atoms with E-state index in [1.54, 1.807) is 0 Å². The standard InChI is InChI=1S/C23H30N4O.2ClH/c28-23(22-8-2-1-6-20(22)16-19-9-11-24-17-19)27-13-5-12-26(14-15-27)18-21-7-3-4-10-25-21;;/h1-4,6-8,10,19,24H,5,9,11-18H2;2*1H. The summed E-state index contributed by atoms with van der Waals surface area (Å²) in [4.78, 5) is 22.2. The lowest BCUT2D eigenvalue weighted by atomic mass is 9.94. The van der Waals surface area contributed by atoms with Crippen LogP contribution in [0.1, 0.15) is 34.5 Å². The molecule has 0 spiro atoms. The Bertz CT molecular complexity index is 784. The van der Waals surface area contributed by atoms with Gasteiger partial charge in [0.05, 0.1) is 5.69 Å². The van der Waals surface area contributed by atoms with Gasteiger partial charge in [-0.1, -0.05) is 24.3 Å². The van der Waals surface area contributed by atoms with Crippen LogP contribution in [0.25, 0.3) is 0 Å². The molecule has 2 aliphatic heterocycles. The van der Waals surface area contributed by atoms with Crippen molar-refractivity contribution in [2.24, 2.45) is 5.92 Å². The number of halogens is 2. The van der Waals surface area contributed by atoms with Gasteiger partial charge in [0, 0.05) is 44.5 Å². The zero-order valence-corrected chi connectivity index (χ0v) is 19.0. The minimum atomic E-state index is 0. The fourth-order valence-electron chi connectivity index (χ4n) is 4.33. The summed E-state index contributed by atoms with van der Waals surface area (Å²) in [5.41, 5.74) is 3.20. The fraction of sp³-hybridized carbons (Fsp3) is 0.478. The number of aromatic nitrogens is 1. The van der Waals surface area contributed by atoms with Crippen molar-refractivity contribution in [2.75, 3.05) is 39.3 Å². The molecule has 1 N–H and O–H groups in total. The second kappa shape index (κ2) is 12.3. The molecule has 2 fully saturated rings. The lowest BCUT2D eigenvalue weighted by molar-refractivity contribution is 0.0759. The van der Waals surface area contributed by atoms with E-state index < -0.39 is 0 Å². The van der Waals surface area contributed by atoms with E-state index >= 15 is 0 Å². The van der Waals surface area contributed by atoms with Crippen LogP contribution in [0.2, 0.25) is 0 Å². The van der Waals surface area contributed by atoms with Crippen LogP contribution in [0.4, 0.5) is 0 Å². The van der Waals surface area contributed by atoms with Gasteiger partial charge in [-0.15, -0.1) is 24.8 Å². The summed E-state index contributed by atoms with van der Waals surface area (Å²) >= 11 is 0. The smallest absolute Gasteiger partial charge is 0.254 e. The number of carbonyl (C=O) groups excluding carboxylic acids is 1. The van der Waals surface area contributed by atoms with Gasteiger partial charge in [0.25, 0.3) is 5.91 Å². The predicted molar refractivity (Wildman–Crippen MR) is 126 cm³/mol. The minimum absolute atomic E-state index is 0. The van der Waals surface area contributed by atoms with Gasteiger partial charge in [-0.2, -0.15) is 0 Å². The zero-order valence-electron chi connectivity index (χ0n) is 17.3. The van der Waals surface area contributed by atoms with Gasteiger partial charge in [-0.25, -0.2) is 0 Å². The van der Waals surface area contributed by atoms with E-state index in [-0.39, 0.29) is 30.7 Å². The quantitative estimate of drug-likeness (QED) is 0.757. The molecule has 2 saturated heterocycles. The number of hydrogen-bond donors (Lipinski definition) is 1. The lowest BCUT2D eigenvalue weighted by Gasteiger charge is -2.23. The molecule has 1 unspecified atom stereocenters. The molecule has 7 heteroatoms. The number of nitrogens with zero attached hydrogens (tertiary/aromatic N) is 3. The monoisotopic (exact) mass is 450 g/mol. The van der Waals surface area contributed by atoms with Crippen molar-refractivity contribution in [3.05, 3.63) is 65.5 Å². The van der Waals surface area contributed by atoms with Gasteiger partial charge in [0.1, 0.15) is 0 Å². The molecule has 2 aliphatic rings. The number of rotatable bonds is 5. The maximum Gasteiger partial charge on any atom is 0.254 e. The maximum atomic E-state index is 13.3. The molecule has 0 saturated carbocycles. The highest BCUT2D eigenvalue weighted by atomic mass is 35.5. The average molecular weight is 451 g/mol. The number of hydrogen-bond acceptors (Lipinski definition) is 4. The van der Waals surface area contributed by atoms with Crippen molar-refractivity contribution < 1.29 is 4.79 Å². The molecular weight excluding hydrogens is 419 g/mol. The Morgan fingerprint density at radius 2 is 1.87 bits per heavy atom. The summed E-state index contributed by atoms with van der Waals surface area (Å²) < 4.78 is 0. The first-order valence-corrected chi connectivity index (χ1v) is 10.5. The second-order valence-electron chi connectivity index (χ2n) is 7.96. The number of pyridine rings is 1. The normalized spacial score (nSPS) is 19.5. The van der Waals surface area contributed by atoms with E-state index in [1.807, 2.05) is 35.4 Å². The van der Waals surface area contributed by atoms with Gasteiger partial charge in [-0.3, -0.25) is 14.7 Å². The van der Waals surface area contributed by atoms with Gasteiger partial charge in [0.15, 0.2) is 0 Å². The number of nitrogens with one attached hydrogen (secondary N) is 1. The predicted octanol–water partition coefficient (Wildman–Crippen LogP) is 3.43. The van der Waals surface area contributed by atoms with Crippen molar-refractivity contribution in [3.63, 3.8) is 0 Å². The van der Waals surface area contributed by atoms with Gasteiger partial charge >= 0.3 is 0 Å². The topological polar surface area (TPSA) is 48.5 Å². The Morgan fingerprint density at radius 1 is 1.03 bits per heavy atom. The largest absolute Gasteiger partial charge is 0.337 e. The van der Waals surface area contributed by atoms with Crippen LogP contribution in [0.15, 0.2) is 48.7 Å². The Kier molecular flexibility index (Phi) is 10.1. The fourth-order valence-corrected chi connectivity index (χ4v) is 4.33. The first-order valence-electron chi connectivity index (χ1n) is 10.5. The number of carbonyl (C=O) groups is 1. The highest BCUT2D eigenvalue weighted by Crippen LogP contribution is 2.20. The van der Waals surface area contributed by atoms with Gasteiger partial charge in [0.2, 0.25) is 0 Å². The summed E-state index contributed by atoms with van der Waals surface area (Å²) in [6.45, 7) is 6.54. The second-order valence-corrected chi connectivity index (χ2v) is 7.96. The molecule has 1 aromatic carbocycles. The van der Waals surface area contributed by atoms with Crippen molar-refractivity contribution in [2.45, 2.75) is 25.8 Å². The maximum absolute atomic E-state index is 13.3. The summed E-state index contributed by atoms with van der Waals surface area (Å²) in [6, 6.07) is 14.3. The highest BCUT2D eigenvalue weighted by Gasteiger charge is 2.24. The van der Waals surface area contributed by atoms with E-state index in [4.69, 9.17) is 0 Å². The van der Waals surface area contributed by atoms with Gasteiger partial charge < -0.3 is 10.2 Å². The molecule has 30 heavy (non-hydrogen) atoms. The average Bonchev–Trinajstić information content (AvgIpc) is 3.13. The highest BCUT2D eigenvalue weighted by molar-refractivity contribution is 5.95. The zero-order chi connectivity index (χ0) is 19.2. The molecule has 5 nitrogen and oxygen atoms in total.